The van der Waals surface area contributed by atoms with Gasteiger partial charge in [0.05, 0.1) is 12.2 Å². The fraction of sp³-hybridized carbons (Fsp3) is 0.261. The molecular formula is C23H23NO4. The van der Waals surface area contributed by atoms with Crippen LogP contribution in [0.2, 0.25) is 0 Å². The van der Waals surface area contributed by atoms with Gasteiger partial charge in [0.2, 0.25) is 5.90 Å². The van der Waals surface area contributed by atoms with E-state index >= 15 is 0 Å². The fourth-order valence-electron chi connectivity index (χ4n) is 2.73. The lowest BCUT2D eigenvalue weighted by Crippen LogP contribution is -2.11. The molecule has 2 aromatic carbocycles. The number of hydrogen-bond acceptors (Lipinski definition) is 5. The highest BCUT2D eigenvalue weighted by atomic mass is 16.6. The van der Waals surface area contributed by atoms with Crippen molar-refractivity contribution < 1.29 is 19.1 Å². The Bertz CT molecular complexity index is 946. The van der Waals surface area contributed by atoms with Crippen molar-refractivity contribution in [1.29, 1.82) is 0 Å². The van der Waals surface area contributed by atoms with E-state index in [1.54, 1.807) is 37.3 Å². The molecular weight excluding hydrogens is 354 g/mol. The molecule has 0 aliphatic carbocycles. The summed E-state index contributed by atoms with van der Waals surface area (Å²) < 4.78 is 10.3. The molecule has 5 nitrogen and oxygen atoms in total. The summed E-state index contributed by atoms with van der Waals surface area (Å²) in [5, 5.41) is 0. The summed E-state index contributed by atoms with van der Waals surface area (Å²) in [6.45, 7) is 8.51. The van der Waals surface area contributed by atoms with Crippen LogP contribution >= 0.6 is 0 Å². The molecule has 0 radical (unpaired) electrons. The van der Waals surface area contributed by atoms with E-state index in [1.165, 1.54) is 5.56 Å². The first-order valence-electron chi connectivity index (χ1n) is 9.18. The van der Waals surface area contributed by atoms with E-state index in [1.807, 2.05) is 24.3 Å². The summed E-state index contributed by atoms with van der Waals surface area (Å²) in [5.74, 6) is -0.579. The molecule has 5 heteroatoms. The zero-order chi connectivity index (χ0) is 20.3. The molecule has 1 aliphatic heterocycles. The van der Waals surface area contributed by atoms with Crippen LogP contribution in [-0.2, 0) is 19.7 Å². The summed E-state index contributed by atoms with van der Waals surface area (Å²) in [5.41, 5.74) is 3.42. The molecule has 0 saturated carbocycles. The van der Waals surface area contributed by atoms with Gasteiger partial charge < -0.3 is 9.47 Å². The molecule has 0 saturated heterocycles. The van der Waals surface area contributed by atoms with Crippen LogP contribution in [0, 0.1) is 0 Å². The van der Waals surface area contributed by atoms with Gasteiger partial charge in [-0.15, -0.1) is 0 Å². The van der Waals surface area contributed by atoms with E-state index in [0.717, 1.165) is 11.1 Å². The number of hydrogen-bond donors (Lipinski definition) is 0. The van der Waals surface area contributed by atoms with Gasteiger partial charge in [0.25, 0.3) is 0 Å². The maximum atomic E-state index is 12.2. The molecule has 0 spiro atoms. The Morgan fingerprint density at radius 1 is 1.07 bits per heavy atom. The van der Waals surface area contributed by atoms with Crippen molar-refractivity contribution in [2.75, 3.05) is 6.61 Å². The maximum Gasteiger partial charge on any atom is 0.363 e. The van der Waals surface area contributed by atoms with E-state index in [-0.39, 0.29) is 17.1 Å². The Labute approximate surface area is 164 Å². The second-order valence-corrected chi connectivity index (χ2v) is 7.51. The molecule has 1 aliphatic rings. The lowest BCUT2D eigenvalue weighted by Gasteiger charge is -2.18. The predicted molar refractivity (Wildman–Crippen MR) is 108 cm³/mol. The number of cyclic esters (lactones) is 1. The third kappa shape index (κ3) is 4.36. The van der Waals surface area contributed by atoms with Gasteiger partial charge in [0.1, 0.15) is 0 Å². The highest BCUT2D eigenvalue weighted by molar-refractivity contribution is 6.12. The van der Waals surface area contributed by atoms with E-state index in [0.29, 0.717) is 18.1 Å². The summed E-state index contributed by atoms with van der Waals surface area (Å²) in [6, 6.07) is 14.6. The summed E-state index contributed by atoms with van der Waals surface area (Å²) in [4.78, 5) is 28.2. The Morgan fingerprint density at radius 3 is 2.29 bits per heavy atom. The van der Waals surface area contributed by atoms with Crippen LogP contribution in [0.5, 0.6) is 0 Å². The lowest BCUT2D eigenvalue weighted by molar-refractivity contribution is -0.129. The molecule has 1 heterocycles. The SMILES string of the molecule is CCOC(=O)c1ccc(/C=C2\N=C(c3ccc(C(C)(C)C)cc3)OC2=O)cc1. The molecule has 0 unspecified atom stereocenters. The number of carbonyl (C=O) groups is 2. The highest BCUT2D eigenvalue weighted by Crippen LogP contribution is 2.24. The van der Waals surface area contributed by atoms with Crippen molar-refractivity contribution in [1.82, 2.24) is 0 Å². The zero-order valence-corrected chi connectivity index (χ0v) is 16.5. The van der Waals surface area contributed by atoms with Gasteiger partial charge in [-0.2, -0.15) is 0 Å². The lowest BCUT2D eigenvalue weighted by atomic mass is 9.87. The van der Waals surface area contributed by atoms with Gasteiger partial charge in [-0.1, -0.05) is 45.0 Å². The predicted octanol–water partition coefficient (Wildman–Crippen LogP) is 4.51. The van der Waals surface area contributed by atoms with Crippen LogP contribution in [0.3, 0.4) is 0 Å². The van der Waals surface area contributed by atoms with E-state index in [2.05, 4.69) is 25.8 Å². The van der Waals surface area contributed by atoms with Gasteiger partial charge in [-0.25, -0.2) is 14.6 Å². The van der Waals surface area contributed by atoms with E-state index < -0.39 is 5.97 Å². The number of aliphatic imine (C=N–C) groups is 1. The Balaban J connectivity index is 1.80. The van der Waals surface area contributed by atoms with Crippen LogP contribution in [0.1, 0.15) is 54.7 Å². The van der Waals surface area contributed by atoms with Crippen molar-refractivity contribution in [2.45, 2.75) is 33.1 Å². The Hall–Kier alpha value is -3.21. The smallest absolute Gasteiger partial charge is 0.363 e. The average Bonchev–Trinajstić information content (AvgIpc) is 3.02. The van der Waals surface area contributed by atoms with E-state index in [9.17, 15) is 9.59 Å². The van der Waals surface area contributed by atoms with Gasteiger partial charge in [-0.3, -0.25) is 0 Å². The maximum absolute atomic E-state index is 12.2. The van der Waals surface area contributed by atoms with Crippen molar-refractivity contribution >= 4 is 23.9 Å². The Morgan fingerprint density at radius 2 is 1.71 bits per heavy atom. The number of nitrogens with zero attached hydrogens (tertiary/aromatic N) is 1. The molecule has 0 N–H and O–H groups in total. The monoisotopic (exact) mass is 377 g/mol. The van der Waals surface area contributed by atoms with Crippen molar-refractivity contribution in [3.05, 3.63) is 76.5 Å². The van der Waals surface area contributed by atoms with Crippen LogP contribution in [-0.4, -0.2) is 24.4 Å². The average molecular weight is 377 g/mol. The Kier molecular flexibility index (Phi) is 5.45. The largest absolute Gasteiger partial charge is 0.462 e. The summed E-state index contributed by atoms with van der Waals surface area (Å²) in [6.07, 6.45) is 1.63. The molecule has 2 aromatic rings. The third-order valence-electron chi connectivity index (χ3n) is 4.34. The molecule has 0 fully saturated rings. The van der Waals surface area contributed by atoms with Gasteiger partial charge in [-0.05, 0) is 53.8 Å². The number of esters is 2. The van der Waals surface area contributed by atoms with Crippen LogP contribution in [0.15, 0.2) is 59.2 Å². The number of benzene rings is 2. The minimum absolute atomic E-state index is 0.0491. The van der Waals surface area contributed by atoms with Crippen LogP contribution in [0.25, 0.3) is 6.08 Å². The molecule has 0 aromatic heterocycles. The van der Waals surface area contributed by atoms with Crippen molar-refractivity contribution in [3.63, 3.8) is 0 Å². The first-order valence-corrected chi connectivity index (χ1v) is 9.18. The highest BCUT2D eigenvalue weighted by Gasteiger charge is 2.24. The number of rotatable bonds is 4. The van der Waals surface area contributed by atoms with Gasteiger partial charge in [0, 0.05) is 5.56 Å². The van der Waals surface area contributed by atoms with Crippen molar-refractivity contribution in [2.24, 2.45) is 4.99 Å². The quantitative estimate of drug-likeness (QED) is 0.581. The minimum Gasteiger partial charge on any atom is -0.462 e. The number of carbonyl (C=O) groups excluding carboxylic acids is 2. The molecule has 28 heavy (non-hydrogen) atoms. The van der Waals surface area contributed by atoms with Gasteiger partial charge in [0.15, 0.2) is 5.70 Å². The third-order valence-corrected chi connectivity index (χ3v) is 4.34. The number of ether oxygens (including phenoxy) is 2. The first-order chi connectivity index (χ1) is 13.3. The summed E-state index contributed by atoms with van der Waals surface area (Å²) in [7, 11) is 0. The van der Waals surface area contributed by atoms with E-state index in [4.69, 9.17) is 9.47 Å². The molecule has 0 amide bonds. The minimum atomic E-state index is -0.496. The fourth-order valence-corrected chi connectivity index (χ4v) is 2.73. The van der Waals surface area contributed by atoms with Crippen molar-refractivity contribution in [3.8, 4) is 0 Å². The van der Waals surface area contributed by atoms with Crippen LogP contribution in [0.4, 0.5) is 0 Å². The second kappa shape index (κ2) is 7.80. The standard InChI is InChI=1S/C23H23NO4/c1-5-27-21(25)17-8-6-15(7-9-17)14-19-22(26)28-20(24-19)16-10-12-18(13-11-16)23(2,3)4/h6-14H,5H2,1-4H3/b19-14-. The normalized spacial score (nSPS) is 15.4. The molecule has 144 valence electrons. The first kappa shape index (κ1) is 19.5. The molecule has 0 bridgehead atoms. The van der Waals surface area contributed by atoms with Gasteiger partial charge >= 0.3 is 11.9 Å². The second-order valence-electron chi connectivity index (χ2n) is 7.51. The topological polar surface area (TPSA) is 65.0 Å². The van der Waals surface area contributed by atoms with Crippen LogP contribution < -0.4 is 0 Å². The summed E-state index contributed by atoms with van der Waals surface area (Å²) >= 11 is 0. The molecule has 3 rings (SSSR count). The zero-order valence-electron chi connectivity index (χ0n) is 16.5. The molecule has 0 atom stereocenters.